The van der Waals surface area contributed by atoms with Gasteiger partial charge in [0.1, 0.15) is 6.04 Å². The number of benzene rings is 2. The standard InChI is InChI=1S/C19H23NO4/c1-3-11-24-17-12-14(9-10-16(17)23-2)13-20-18(19(21)22)15-7-5-4-6-8-15/h4-10,12,18,20H,3,11,13H2,1-2H3,(H,21,22)/t18-/m1/s1. The van der Waals surface area contributed by atoms with E-state index in [1.54, 1.807) is 19.2 Å². The molecule has 0 spiro atoms. The molecule has 24 heavy (non-hydrogen) atoms. The molecule has 0 saturated carbocycles. The van der Waals surface area contributed by atoms with Crippen molar-refractivity contribution in [1.29, 1.82) is 0 Å². The molecular weight excluding hydrogens is 306 g/mol. The first-order valence-electron chi connectivity index (χ1n) is 7.96. The monoisotopic (exact) mass is 329 g/mol. The summed E-state index contributed by atoms with van der Waals surface area (Å²) in [4.78, 5) is 11.5. The van der Waals surface area contributed by atoms with Crippen LogP contribution in [0.4, 0.5) is 0 Å². The van der Waals surface area contributed by atoms with Crippen LogP contribution in [0.1, 0.15) is 30.5 Å². The summed E-state index contributed by atoms with van der Waals surface area (Å²) in [6, 6.07) is 14.0. The van der Waals surface area contributed by atoms with Crippen LogP contribution in [0.2, 0.25) is 0 Å². The highest BCUT2D eigenvalue weighted by Gasteiger charge is 2.18. The minimum Gasteiger partial charge on any atom is -0.493 e. The number of ether oxygens (including phenoxy) is 2. The van der Waals surface area contributed by atoms with E-state index in [0.29, 0.717) is 24.7 Å². The summed E-state index contributed by atoms with van der Waals surface area (Å²) in [7, 11) is 1.60. The Morgan fingerprint density at radius 3 is 2.54 bits per heavy atom. The van der Waals surface area contributed by atoms with Crippen molar-refractivity contribution in [2.45, 2.75) is 25.9 Å². The molecule has 0 heterocycles. The predicted molar refractivity (Wildman–Crippen MR) is 92.4 cm³/mol. The lowest BCUT2D eigenvalue weighted by Gasteiger charge is -2.16. The van der Waals surface area contributed by atoms with Crippen molar-refractivity contribution in [3.05, 3.63) is 59.7 Å². The Morgan fingerprint density at radius 1 is 1.17 bits per heavy atom. The molecule has 5 heteroatoms. The van der Waals surface area contributed by atoms with Gasteiger partial charge in [-0.2, -0.15) is 0 Å². The second-order valence-electron chi connectivity index (χ2n) is 5.40. The van der Waals surface area contributed by atoms with Crippen LogP contribution in [0.5, 0.6) is 11.5 Å². The fourth-order valence-corrected chi connectivity index (χ4v) is 2.37. The van der Waals surface area contributed by atoms with E-state index in [-0.39, 0.29) is 0 Å². The van der Waals surface area contributed by atoms with E-state index in [2.05, 4.69) is 5.32 Å². The molecule has 0 fully saturated rings. The highest BCUT2D eigenvalue weighted by Crippen LogP contribution is 2.28. The van der Waals surface area contributed by atoms with Gasteiger partial charge < -0.3 is 14.6 Å². The zero-order chi connectivity index (χ0) is 17.4. The normalized spacial score (nSPS) is 11.8. The largest absolute Gasteiger partial charge is 0.493 e. The van der Waals surface area contributed by atoms with Gasteiger partial charge in [0.25, 0.3) is 0 Å². The molecule has 0 amide bonds. The van der Waals surface area contributed by atoms with Gasteiger partial charge in [-0.25, -0.2) is 0 Å². The third kappa shape index (κ3) is 4.73. The molecule has 0 saturated heterocycles. The van der Waals surface area contributed by atoms with Crippen LogP contribution in [0.25, 0.3) is 0 Å². The summed E-state index contributed by atoms with van der Waals surface area (Å²) in [6.45, 7) is 3.06. The number of nitrogens with one attached hydrogen (secondary N) is 1. The first-order chi connectivity index (χ1) is 11.7. The topological polar surface area (TPSA) is 67.8 Å². The molecule has 0 radical (unpaired) electrons. The number of hydrogen-bond donors (Lipinski definition) is 2. The number of carboxylic acids is 1. The lowest BCUT2D eigenvalue weighted by molar-refractivity contribution is -0.139. The number of rotatable bonds is 9. The molecule has 0 aliphatic heterocycles. The van der Waals surface area contributed by atoms with Crippen LogP contribution in [-0.4, -0.2) is 24.8 Å². The molecule has 2 aromatic carbocycles. The van der Waals surface area contributed by atoms with Crippen molar-refractivity contribution < 1.29 is 19.4 Å². The number of aliphatic carboxylic acids is 1. The molecule has 2 N–H and O–H groups in total. The highest BCUT2D eigenvalue weighted by atomic mass is 16.5. The van der Waals surface area contributed by atoms with Crippen molar-refractivity contribution in [2.24, 2.45) is 0 Å². The summed E-state index contributed by atoms with van der Waals surface area (Å²) < 4.78 is 11.0. The van der Waals surface area contributed by atoms with Gasteiger partial charge >= 0.3 is 5.97 Å². The van der Waals surface area contributed by atoms with Crippen LogP contribution in [0, 0.1) is 0 Å². The third-order valence-electron chi connectivity index (χ3n) is 3.58. The number of carbonyl (C=O) groups is 1. The van der Waals surface area contributed by atoms with Crippen molar-refractivity contribution in [1.82, 2.24) is 5.32 Å². The molecule has 2 rings (SSSR count). The zero-order valence-electron chi connectivity index (χ0n) is 14.0. The van der Waals surface area contributed by atoms with E-state index in [9.17, 15) is 9.90 Å². The van der Waals surface area contributed by atoms with Gasteiger partial charge in [0.15, 0.2) is 11.5 Å². The number of methoxy groups -OCH3 is 1. The van der Waals surface area contributed by atoms with Crippen molar-refractivity contribution in [3.8, 4) is 11.5 Å². The lowest BCUT2D eigenvalue weighted by atomic mass is 10.1. The van der Waals surface area contributed by atoms with Gasteiger partial charge in [-0.05, 0) is 29.7 Å². The molecule has 1 atom stereocenters. The van der Waals surface area contributed by atoms with E-state index in [0.717, 1.165) is 17.5 Å². The van der Waals surface area contributed by atoms with Crippen molar-refractivity contribution in [3.63, 3.8) is 0 Å². The Kier molecular flexibility index (Phi) is 6.63. The number of hydrogen-bond acceptors (Lipinski definition) is 4. The van der Waals surface area contributed by atoms with Gasteiger partial charge in [-0.3, -0.25) is 10.1 Å². The van der Waals surface area contributed by atoms with Crippen molar-refractivity contribution >= 4 is 5.97 Å². The summed E-state index contributed by atoms with van der Waals surface area (Å²) in [6.07, 6.45) is 0.903. The van der Waals surface area contributed by atoms with Crippen LogP contribution < -0.4 is 14.8 Å². The van der Waals surface area contributed by atoms with Gasteiger partial charge in [0, 0.05) is 6.54 Å². The predicted octanol–water partition coefficient (Wildman–Crippen LogP) is 3.40. The Hall–Kier alpha value is -2.53. The Bertz CT molecular complexity index is 658. The molecule has 0 aliphatic carbocycles. The molecule has 128 valence electrons. The molecule has 0 aromatic heterocycles. The van der Waals surface area contributed by atoms with Crippen LogP contribution in [-0.2, 0) is 11.3 Å². The van der Waals surface area contributed by atoms with Crippen molar-refractivity contribution in [2.75, 3.05) is 13.7 Å². The summed E-state index contributed by atoms with van der Waals surface area (Å²) in [5.74, 6) is 0.437. The van der Waals surface area contributed by atoms with E-state index >= 15 is 0 Å². The van der Waals surface area contributed by atoms with Crippen LogP contribution >= 0.6 is 0 Å². The Morgan fingerprint density at radius 2 is 1.92 bits per heavy atom. The Labute approximate surface area is 142 Å². The van der Waals surface area contributed by atoms with Gasteiger partial charge in [-0.1, -0.05) is 43.3 Å². The molecule has 0 unspecified atom stereocenters. The van der Waals surface area contributed by atoms with E-state index in [4.69, 9.17) is 9.47 Å². The summed E-state index contributed by atoms with van der Waals surface area (Å²) in [5, 5.41) is 12.5. The van der Waals surface area contributed by atoms with E-state index in [1.807, 2.05) is 43.3 Å². The number of carboxylic acid groups (broad SMARTS) is 1. The van der Waals surface area contributed by atoms with Gasteiger partial charge in [-0.15, -0.1) is 0 Å². The Balaban J connectivity index is 2.10. The molecule has 0 bridgehead atoms. The average molecular weight is 329 g/mol. The van der Waals surface area contributed by atoms with E-state index in [1.165, 1.54) is 0 Å². The average Bonchev–Trinajstić information content (AvgIpc) is 2.61. The summed E-state index contributed by atoms with van der Waals surface area (Å²) in [5.41, 5.74) is 1.66. The molecular formula is C19H23NO4. The second kappa shape index (κ2) is 8.93. The van der Waals surface area contributed by atoms with Crippen LogP contribution in [0.3, 0.4) is 0 Å². The summed E-state index contributed by atoms with van der Waals surface area (Å²) >= 11 is 0. The fourth-order valence-electron chi connectivity index (χ4n) is 2.37. The zero-order valence-corrected chi connectivity index (χ0v) is 14.0. The first kappa shape index (κ1) is 17.8. The maximum atomic E-state index is 11.5. The quantitative estimate of drug-likeness (QED) is 0.738. The fraction of sp³-hybridized carbons (Fsp3) is 0.316. The smallest absolute Gasteiger partial charge is 0.325 e. The first-order valence-corrected chi connectivity index (χ1v) is 7.96. The maximum absolute atomic E-state index is 11.5. The van der Waals surface area contributed by atoms with E-state index < -0.39 is 12.0 Å². The highest BCUT2D eigenvalue weighted by molar-refractivity contribution is 5.75. The third-order valence-corrected chi connectivity index (χ3v) is 3.58. The maximum Gasteiger partial charge on any atom is 0.325 e. The minimum absolute atomic E-state index is 0.415. The molecule has 2 aromatic rings. The van der Waals surface area contributed by atoms with Gasteiger partial charge in [0.05, 0.1) is 13.7 Å². The molecule has 0 aliphatic rings. The second-order valence-corrected chi connectivity index (χ2v) is 5.40. The molecule has 5 nitrogen and oxygen atoms in total. The minimum atomic E-state index is -0.905. The van der Waals surface area contributed by atoms with Crippen LogP contribution in [0.15, 0.2) is 48.5 Å². The van der Waals surface area contributed by atoms with Gasteiger partial charge in [0.2, 0.25) is 0 Å². The lowest BCUT2D eigenvalue weighted by Crippen LogP contribution is -2.28. The SMILES string of the molecule is CCCOc1cc(CN[C@@H](C(=O)O)c2ccccc2)ccc1OC.